The van der Waals surface area contributed by atoms with Gasteiger partial charge < -0.3 is 15.8 Å². The first-order valence-corrected chi connectivity index (χ1v) is 8.45. The Kier molecular flexibility index (Phi) is 7.04. The van der Waals surface area contributed by atoms with Gasteiger partial charge in [0.25, 0.3) is 0 Å². The highest BCUT2D eigenvalue weighted by molar-refractivity contribution is 5.68. The Morgan fingerprint density at radius 2 is 1.88 bits per heavy atom. The molecule has 0 saturated heterocycles. The van der Waals surface area contributed by atoms with Crippen molar-refractivity contribution in [2.24, 2.45) is 5.73 Å². The molecule has 0 radical (unpaired) electrons. The van der Waals surface area contributed by atoms with E-state index in [-0.39, 0.29) is 6.04 Å². The molecule has 0 amide bonds. The Morgan fingerprint density at radius 1 is 1.17 bits per heavy atom. The average Bonchev–Trinajstić information content (AvgIpc) is 2.61. The van der Waals surface area contributed by atoms with Gasteiger partial charge in [0.1, 0.15) is 5.75 Å². The second kappa shape index (κ2) is 9.26. The Labute approximate surface area is 145 Å². The summed E-state index contributed by atoms with van der Waals surface area (Å²) in [4.78, 5) is 0. The molecule has 3 heteroatoms. The number of benzene rings is 2. The number of methoxy groups -OCH3 is 1. The highest BCUT2D eigenvalue weighted by atomic mass is 16.5. The van der Waals surface area contributed by atoms with Gasteiger partial charge in [0.2, 0.25) is 0 Å². The lowest BCUT2D eigenvalue weighted by molar-refractivity contribution is 0.407. The minimum absolute atomic E-state index is 0.0745. The molecule has 0 heterocycles. The van der Waals surface area contributed by atoms with Crippen LogP contribution >= 0.6 is 0 Å². The maximum Gasteiger partial charge on any atom is 0.123 e. The molecule has 3 N–H and O–H groups in total. The summed E-state index contributed by atoms with van der Waals surface area (Å²) in [5.74, 6) is 0.910. The number of hydrogen-bond acceptors (Lipinski definition) is 3. The summed E-state index contributed by atoms with van der Waals surface area (Å²) in [6.07, 6.45) is 3.03. The third-order valence-electron chi connectivity index (χ3n) is 4.24. The second-order valence-corrected chi connectivity index (χ2v) is 6.04. The summed E-state index contributed by atoms with van der Waals surface area (Å²) in [6.45, 7) is 5.75. The van der Waals surface area contributed by atoms with Gasteiger partial charge in [-0.25, -0.2) is 0 Å². The summed E-state index contributed by atoms with van der Waals surface area (Å²) in [7, 11) is 1.70. The van der Waals surface area contributed by atoms with E-state index in [1.54, 1.807) is 7.11 Å². The Bertz CT molecular complexity index is 679. The molecule has 0 unspecified atom stereocenters. The molecule has 0 aliphatic rings. The quantitative estimate of drug-likeness (QED) is 0.774. The van der Waals surface area contributed by atoms with Crippen molar-refractivity contribution in [2.45, 2.75) is 32.9 Å². The van der Waals surface area contributed by atoms with E-state index in [0.29, 0.717) is 0 Å². The lowest BCUT2D eigenvalue weighted by Crippen LogP contribution is -2.33. The van der Waals surface area contributed by atoms with Crippen LogP contribution in [0.2, 0.25) is 0 Å². The van der Waals surface area contributed by atoms with Crippen molar-refractivity contribution in [3.8, 4) is 5.75 Å². The van der Waals surface area contributed by atoms with Crippen LogP contribution in [0.1, 0.15) is 30.0 Å². The van der Waals surface area contributed by atoms with Crippen molar-refractivity contribution >= 4 is 5.57 Å². The number of hydrogen-bond donors (Lipinski definition) is 2. The van der Waals surface area contributed by atoms with Crippen LogP contribution in [-0.4, -0.2) is 19.7 Å². The molecule has 1 atom stereocenters. The van der Waals surface area contributed by atoms with Gasteiger partial charge in [-0.2, -0.15) is 0 Å². The molecule has 3 nitrogen and oxygen atoms in total. The molecule has 0 aliphatic carbocycles. The number of rotatable bonds is 8. The van der Waals surface area contributed by atoms with Gasteiger partial charge in [-0.15, -0.1) is 0 Å². The normalized spacial score (nSPS) is 12.9. The number of nitrogens with two attached hydrogens (primary N) is 1. The van der Waals surface area contributed by atoms with E-state index in [0.717, 1.165) is 30.8 Å². The van der Waals surface area contributed by atoms with Crippen LogP contribution in [0, 0.1) is 6.92 Å². The summed E-state index contributed by atoms with van der Waals surface area (Å²) in [5, 5.41) is 3.44. The van der Waals surface area contributed by atoms with E-state index >= 15 is 0 Å². The van der Waals surface area contributed by atoms with E-state index in [1.807, 2.05) is 18.2 Å². The van der Waals surface area contributed by atoms with Gasteiger partial charge in [0.15, 0.2) is 0 Å². The molecule has 0 fully saturated rings. The fourth-order valence-electron chi connectivity index (χ4n) is 2.91. The molecule has 0 aromatic heterocycles. The van der Waals surface area contributed by atoms with Crippen molar-refractivity contribution in [1.29, 1.82) is 0 Å². The van der Waals surface area contributed by atoms with Crippen molar-refractivity contribution in [2.75, 3.05) is 13.7 Å². The van der Waals surface area contributed by atoms with Gasteiger partial charge in [-0.1, -0.05) is 48.5 Å². The maximum absolute atomic E-state index is 6.34. The van der Waals surface area contributed by atoms with Gasteiger partial charge >= 0.3 is 0 Å². The third-order valence-corrected chi connectivity index (χ3v) is 4.24. The molecule has 128 valence electrons. The van der Waals surface area contributed by atoms with Crippen LogP contribution in [0.3, 0.4) is 0 Å². The predicted molar refractivity (Wildman–Crippen MR) is 102 cm³/mol. The Hall–Kier alpha value is -2.10. The van der Waals surface area contributed by atoms with Gasteiger partial charge in [0.05, 0.1) is 7.11 Å². The minimum atomic E-state index is 0.0745. The number of allylic oxidation sites excluding steroid dienone is 1. The van der Waals surface area contributed by atoms with Crippen molar-refractivity contribution in [1.82, 2.24) is 5.32 Å². The smallest absolute Gasteiger partial charge is 0.123 e. The van der Waals surface area contributed by atoms with Crippen LogP contribution in [-0.2, 0) is 6.54 Å². The first-order chi connectivity index (χ1) is 11.7. The first-order valence-electron chi connectivity index (χ1n) is 8.45. The van der Waals surface area contributed by atoms with Crippen LogP contribution in [0.5, 0.6) is 5.75 Å². The number of para-hydroxylation sites is 1. The lowest BCUT2D eigenvalue weighted by Gasteiger charge is -2.17. The maximum atomic E-state index is 6.34. The van der Waals surface area contributed by atoms with Crippen molar-refractivity contribution < 1.29 is 4.74 Å². The fourth-order valence-corrected chi connectivity index (χ4v) is 2.91. The largest absolute Gasteiger partial charge is 0.496 e. The molecule has 24 heavy (non-hydrogen) atoms. The van der Waals surface area contributed by atoms with Gasteiger partial charge in [-0.05, 0) is 43.0 Å². The molecule has 0 bridgehead atoms. The van der Waals surface area contributed by atoms with E-state index in [9.17, 15) is 0 Å². The summed E-state index contributed by atoms with van der Waals surface area (Å²) in [5.41, 5.74) is 11.4. The van der Waals surface area contributed by atoms with Crippen LogP contribution in [0.15, 0.2) is 54.6 Å². The Balaban J connectivity index is 1.89. The monoisotopic (exact) mass is 324 g/mol. The van der Waals surface area contributed by atoms with Crippen LogP contribution in [0.25, 0.3) is 5.57 Å². The number of nitrogens with one attached hydrogen (secondary N) is 1. The fraction of sp³-hybridized carbons (Fsp3) is 0.333. The SMILES string of the molecule is C/C=C(/C[C@@H](N)CNCc1ccccc1OC)c1ccccc1C. The first kappa shape index (κ1) is 18.2. The minimum Gasteiger partial charge on any atom is -0.496 e. The molecule has 0 aliphatic heterocycles. The van der Waals surface area contributed by atoms with E-state index in [1.165, 1.54) is 16.7 Å². The average molecular weight is 324 g/mol. The summed E-state index contributed by atoms with van der Waals surface area (Å²) in [6, 6.07) is 16.6. The standard InChI is InChI=1S/C21H28N2O/c1-4-17(20-11-7-5-9-16(20)2)13-19(22)15-23-14-18-10-6-8-12-21(18)24-3/h4-12,19,23H,13-15,22H2,1-3H3/b17-4-/t19-/m1/s1. The molecule has 2 rings (SSSR count). The number of ether oxygens (including phenoxy) is 1. The molecular weight excluding hydrogens is 296 g/mol. The summed E-state index contributed by atoms with van der Waals surface area (Å²) < 4.78 is 5.38. The second-order valence-electron chi connectivity index (χ2n) is 6.04. The van der Waals surface area contributed by atoms with Gasteiger partial charge in [-0.3, -0.25) is 0 Å². The van der Waals surface area contributed by atoms with E-state index in [4.69, 9.17) is 10.5 Å². The van der Waals surface area contributed by atoms with Crippen molar-refractivity contribution in [3.63, 3.8) is 0 Å². The highest BCUT2D eigenvalue weighted by Gasteiger charge is 2.10. The highest BCUT2D eigenvalue weighted by Crippen LogP contribution is 2.22. The topological polar surface area (TPSA) is 47.3 Å². The molecular formula is C21H28N2O. The number of aryl methyl sites for hydroxylation is 1. The van der Waals surface area contributed by atoms with Crippen LogP contribution < -0.4 is 15.8 Å². The third kappa shape index (κ3) is 4.95. The molecule has 2 aromatic rings. The predicted octanol–water partition coefficient (Wildman–Crippen LogP) is 3.91. The van der Waals surface area contributed by atoms with Crippen LogP contribution in [0.4, 0.5) is 0 Å². The lowest BCUT2D eigenvalue weighted by atomic mass is 9.95. The zero-order valence-corrected chi connectivity index (χ0v) is 14.9. The Morgan fingerprint density at radius 3 is 2.58 bits per heavy atom. The molecule has 0 saturated carbocycles. The van der Waals surface area contributed by atoms with Crippen molar-refractivity contribution in [3.05, 3.63) is 71.3 Å². The molecule has 2 aromatic carbocycles. The van der Waals surface area contributed by atoms with Gasteiger partial charge in [0, 0.05) is 24.7 Å². The zero-order valence-electron chi connectivity index (χ0n) is 14.9. The molecule has 0 spiro atoms. The summed E-state index contributed by atoms with van der Waals surface area (Å²) >= 11 is 0. The zero-order chi connectivity index (χ0) is 17.4. The van der Waals surface area contributed by atoms with E-state index in [2.05, 4.69) is 55.6 Å². The van der Waals surface area contributed by atoms with E-state index < -0.39 is 0 Å².